The lowest BCUT2D eigenvalue weighted by molar-refractivity contribution is -0.291. The van der Waals surface area contributed by atoms with Crippen LogP contribution in [0, 0.1) is 5.82 Å². The van der Waals surface area contributed by atoms with Crippen LogP contribution in [0.3, 0.4) is 0 Å². The number of nitrogens with one attached hydrogen (secondary N) is 1. The molecule has 0 aliphatic heterocycles. The van der Waals surface area contributed by atoms with Gasteiger partial charge >= 0.3 is 12.1 Å². The van der Waals surface area contributed by atoms with E-state index < -0.39 is 40.9 Å². The average molecular weight is 565 g/mol. The number of carbonyl (C=O) groups excluding carboxylic acids is 1. The molecule has 2 aromatic carbocycles. The maximum absolute atomic E-state index is 14.5. The van der Waals surface area contributed by atoms with Crippen LogP contribution in [-0.4, -0.2) is 36.5 Å². The van der Waals surface area contributed by atoms with Gasteiger partial charge in [0.2, 0.25) is 0 Å². The molecule has 7 nitrogen and oxygen atoms in total. The molecule has 3 aromatic heterocycles. The minimum atomic E-state index is -5.98. The Hall–Kier alpha value is -4.39. The fraction of sp³-hybridized carbons (Fsp3) is 0.120. The van der Waals surface area contributed by atoms with Crippen molar-refractivity contribution in [3.8, 4) is 11.3 Å². The van der Waals surface area contributed by atoms with Gasteiger partial charge in [0.1, 0.15) is 16.5 Å². The van der Waals surface area contributed by atoms with Crippen molar-refractivity contribution in [2.45, 2.75) is 18.6 Å². The molecule has 0 fully saturated rings. The number of aromatic nitrogens is 5. The number of benzene rings is 2. The number of amides is 1. The minimum Gasteiger partial charge on any atom is -0.302 e. The first-order valence-electron chi connectivity index (χ1n) is 11.1. The van der Waals surface area contributed by atoms with Crippen molar-refractivity contribution in [1.82, 2.24) is 24.4 Å². The number of rotatable bonds is 6. The van der Waals surface area contributed by atoms with Crippen LogP contribution >= 0.6 is 11.6 Å². The van der Waals surface area contributed by atoms with Crippen molar-refractivity contribution in [2.24, 2.45) is 0 Å². The minimum absolute atomic E-state index is 0.0593. The summed E-state index contributed by atoms with van der Waals surface area (Å²) in [4.78, 5) is 16.9. The molecule has 200 valence electrons. The fourth-order valence-electron chi connectivity index (χ4n) is 3.73. The Morgan fingerprint density at radius 3 is 2.31 bits per heavy atom. The molecule has 0 saturated carbocycles. The van der Waals surface area contributed by atoms with E-state index >= 15 is 0 Å². The Kier molecular flexibility index (Phi) is 6.54. The molecule has 0 atom stereocenters. The molecule has 0 saturated heterocycles. The van der Waals surface area contributed by atoms with Crippen molar-refractivity contribution >= 4 is 29.0 Å². The molecule has 5 aromatic rings. The Morgan fingerprint density at radius 1 is 0.949 bits per heavy atom. The quantitative estimate of drug-likeness (QED) is 0.244. The zero-order valence-electron chi connectivity index (χ0n) is 19.4. The van der Waals surface area contributed by atoms with Crippen molar-refractivity contribution in [1.29, 1.82) is 0 Å². The van der Waals surface area contributed by atoms with Gasteiger partial charge in [-0.3, -0.25) is 9.48 Å². The van der Waals surface area contributed by atoms with Crippen LogP contribution in [0.5, 0.6) is 0 Å². The summed E-state index contributed by atoms with van der Waals surface area (Å²) in [5.41, 5.74) is -1.91. The van der Waals surface area contributed by atoms with Gasteiger partial charge in [0.25, 0.3) is 5.91 Å². The largest absolute Gasteiger partial charge is 0.459 e. The van der Waals surface area contributed by atoms with Gasteiger partial charge in [-0.2, -0.15) is 32.1 Å². The van der Waals surface area contributed by atoms with Crippen LogP contribution in [0.25, 0.3) is 16.9 Å². The van der Waals surface area contributed by atoms with Gasteiger partial charge in [0.05, 0.1) is 12.2 Å². The van der Waals surface area contributed by atoms with Crippen LogP contribution in [0.15, 0.2) is 72.9 Å². The van der Waals surface area contributed by atoms with Crippen molar-refractivity contribution < 1.29 is 31.1 Å². The second kappa shape index (κ2) is 9.73. The first-order valence-corrected chi connectivity index (χ1v) is 11.5. The van der Waals surface area contributed by atoms with Crippen LogP contribution in [0.2, 0.25) is 5.02 Å². The second-order valence-electron chi connectivity index (χ2n) is 8.37. The highest BCUT2D eigenvalue weighted by Crippen LogP contribution is 2.44. The number of carbonyl (C=O) groups is 1. The van der Waals surface area contributed by atoms with E-state index in [1.807, 2.05) is 30.3 Å². The molecule has 1 amide bonds. The summed E-state index contributed by atoms with van der Waals surface area (Å²) in [6.07, 6.45) is -4.53. The highest BCUT2D eigenvalue weighted by molar-refractivity contribution is 6.33. The fourth-order valence-corrected chi connectivity index (χ4v) is 3.93. The summed E-state index contributed by atoms with van der Waals surface area (Å²) >= 11 is 6.17. The third kappa shape index (κ3) is 5.17. The van der Waals surface area contributed by atoms with E-state index in [4.69, 9.17) is 11.6 Å². The number of fused-ring (bicyclic) bond motifs is 1. The molecule has 0 unspecified atom stereocenters. The van der Waals surface area contributed by atoms with Crippen molar-refractivity contribution in [2.75, 3.05) is 5.32 Å². The Morgan fingerprint density at radius 2 is 1.64 bits per heavy atom. The van der Waals surface area contributed by atoms with Crippen molar-refractivity contribution in [3.05, 3.63) is 101 Å². The Bertz CT molecular complexity index is 1660. The maximum atomic E-state index is 14.5. The van der Waals surface area contributed by atoms with Crippen LogP contribution in [0.1, 0.15) is 21.7 Å². The van der Waals surface area contributed by atoms with E-state index in [0.29, 0.717) is 12.6 Å². The van der Waals surface area contributed by atoms with Crippen LogP contribution in [-0.2, 0) is 12.5 Å². The molecule has 0 bridgehead atoms. The topological polar surface area (TPSA) is 77.1 Å². The first kappa shape index (κ1) is 26.2. The molecule has 1 N–H and O–H groups in total. The summed E-state index contributed by atoms with van der Waals surface area (Å²) in [6.45, 7) is 0.330. The molecular weight excluding hydrogens is 550 g/mol. The van der Waals surface area contributed by atoms with Crippen LogP contribution < -0.4 is 5.32 Å². The number of hydrogen-bond donors (Lipinski definition) is 1. The van der Waals surface area contributed by atoms with E-state index in [0.717, 1.165) is 23.8 Å². The number of nitrogens with zero attached hydrogens (tertiary/aromatic N) is 5. The van der Waals surface area contributed by atoms with Gasteiger partial charge < -0.3 is 5.32 Å². The van der Waals surface area contributed by atoms with E-state index in [1.54, 1.807) is 0 Å². The van der Waals surface area contributed by atoms with Gasteiger partial charge in [-0.25, -0.2) is 13.9 Å². The summed E-state index contributed by atoms with van der Waals surface area (Å²) in [6, 6.07) is 15.0. The Labute approximate surface area is 220 Å². The second-order valence-corrected chi connectivity index (χ2v) is 8.78. The molecule has 14 heteroatoms. The predicted molar refractivity (Wildman–Crippen MR) is 129 cm³/mol. The predicted octanol–water partition coefficient (Wildman–Crippen LogP) is 6.34. The van der Waals surface area contributed by atoms with E-state index in [1.165, 1.54) is 23.0 Å². The molecule has 0 radical (unpaired) electrons. The van der Waals surface area contributed by atoms with Gasteiger partial charge in [-0.05, 0) is 35.9 Å². The normalized spacial score (nSPS) is 12.2. The third-order valence-corrected chi connectivity index (χ3v) is 5.89. The van der Waals surface area contributed by atoms with E-state index in [-0.39, 0.29) is 26.6 Å². The number of alkyl halides is 5. The zero-order valence-corrected chi connectivity index (χ0v) is 20.2. The number of halogens is 7. The van der Waals surface area contributed by atoms with Gasteiger partial charge in [0.15, 0.2) is 17.2 Å². The van der Waals surface area contributed by atoms with Gasteiger partial charge in [-0.15, -0.1) is 0 Å². The lowest BCUT2D eigenvalue weighted by Crippen LogP contribution is -2.36. The average Bonchev–Trinajstić information content (AvgIpc) is 3.46. The summed E-state index contributed by atoms with van der Waals surface area (Å²) < 4.78 is 84.1. The highest BCUT2D eigenvalue weighted by Gasteiger charge is 2.60. The first-order chi connectivity index (χ1) is 18.4. The number of hydrogen-bond acceptors (Lipinski definition) is 4. The highest BCUT2D eigenvalue weighted by atomic mass is 35.5. The maximum Gasteiger partial charge on any atom is 0.459 e. The van der Waals surface area contributed by atoms with Crippen LogP contribution in [0.4, 0.5) is 32.2 Å². The Balaban J connectivity index is 1.51. The molecule has 0 aliphatic carbocycles. The smallest absolute Gasteiger partial charge is 0.302 e. The molecule has 0 spiro atoms. The molecular formula is C25H15ClF6N6O. The van der Waals surface area contributed by atoms with E-state index in [9.17, 15) is 31.1 Å². The summed E-state index contributed by atoms with van der Waals surface area (Å²) in [5, 5.41) is 10.3. The SMILES string of the molecule is O=C(Nc1nn(Cc2ccccc2)cc1Cl)c1cc2nc(-c3ccc(F)cc3)cc(C(F)(F)C(F)(F)F)n2n1. The molecule has 39 heavy (non-hydrogen) atoms. The molecule has 3 heterocycles. The standard InChI is InChI=1S/C25H15ClF6N6O/c26-17-13-37(12-14-4-2-1-3-5-14)36-22(17)34-23(39)19-11-21-33-18(15-6-8-16(27)9-7-15)10-20(38(21)35-19)24(28,29)25(30,31)32/h1-11,13H,12H2,(H,34,36,39). The number of anilines is 1. The summed E-state index contributed by atoms with van der Waals surface area (Å²) in [5.74, 6) is -7.05. The van der Waals surface area contributed by atoms with Gasteiger partial charge in [0, 0.05) is 17.8 Å². The third-order valence-electron chi connectivity index (χ3n) is 5.61. The molecule has 0 aliphatic rings. The summed E-state index contributed by atoms with van der Waals surface area (Å²) in [7, 11) is 0. The monoisotopic (exact) mass is 564 g/mol. The zero-order chi connectivity index (χ0) is 27.9. The lowest BCUT2D eigenvalue weighted by Gasteiger charge is -2.21. The molecule has 5 rings (SSSR count). The lowest BCUT2D eigenvalue weighted by atomic mass is 10.1. The van der Waals surface area contributed by atoms with Crippen molar-refractivity contribution in [3.63, 3.8) is 0 Å². The van der Waals surface area contributed by atoms with E-state index in [2.05, 4.69) is 20.5 Å². The van der Waals surface area contributed by atoms with Gasteiger partial charge in [-0.1, -0.05) is 41.9 Å².